The number of nitrogens with one attached hydrogen (secondary N) is 3. The Bertz CT molecular complexity index is 751. The molecule has 142 valence electrons. The molecule has 3 N–H and O–H groups in total. The van der Waals surface area contributed by atoms with E-state index in [4.69, 9.17) is 0 Å². The molecule has 1 aliphatic rings. The molecule has 2 amide bonds. The summed E-state index contributed by atoms with van der Waals surface area (Å²) in [6.07, 6.45) is 4.58. The zero-order valence-corrected chi connectivity index (χ0v) is 15.5. The number of pyridine rings is 1. The van der Waals surface area contributed by atoms with Crippen LogP contribution >= 0.6 is 0 Å². The number of benzene rings is 1. The monoisotopic (exact) mass is 366 g/mol. The highest BCUT2D eigenvalue weighted by molar-refractivity contribution is 5.97. The molecule has 1 saturated heterocycles. The fourth-order valence-electron chi connectivity index (χ4n) is 3.26. The van der Waals surface area contributed by atoms with Crippen molar-refractivity contribution in [3.8, 4) is 0 Å². The standard InChI is InChI=1S/C21H26N4O2/c1-15-9-11-23-14-19(15)25-21(27)18(12-16-6-3-2-4-7-16)24-20(26)17-8-5-10-22-13-17/h2-8,10,13,15,18-19,23H,9,11-12,14H2,1H3,(H,24,26)(H,25,27). The summed E-state index contributed by atoms with van der Waals surface area (Å²) < 4.78 is 0. The topological polar surface area (TPSA) is 83.1 Å². The molecule has 0 radical (unpaired) electrons. The Morgan fingerprint density at radius 3 is 2.74 bits per heavy atom. The number of hydrogen-bond acceptors (Lipinski definition) is 4. The maximum atomic E-state index is 13.0. The van der Waals surface area contributed by atoms with Gasteiger partial charge in [-0.05, 0) is 36.6 Å². The summed E-state index contributed by atoms with van der Waals surface area (Å²) in [5, 5.41) is 9.30. The van der Waals surface area contributed by atoms with Crippen molar-refractivity contribution in [3.05, 3.63) is 66.0 Å². The van der Waals surface area contributed by atoms with Crippen LogP contribution in [-0.2, 0) is 11.2 Å². The summed E-state index contributed by atoms with van der Waals surface area (Å²) in [4.78, 5) is 29.5. The first-order chi connectivity index (χ1) is 13.1. The molecule has 2 heterocycles. The van der Waals surface area contributed by atoms with Gasteiger partial charge in [0, 0.05) is 31.4 Å². The molecule has 3 unspecified atom stereocenters. The van der Waals surface area contributed by atoms with E-state index in [1.807, 2.05) is 30.3 Å². The predicted octanol–water partition coefficient (Wildman–Crippen LogP) is 1.54. The van der Waals surface area contributed by atoms with E-state index in [2.05, 4.69) is 27.9 Å². The zero-order valence-electron chi connectivity index (χ0n) is 15.5. The van der Waals surface area contributed by atoms with Crippen molar-refractivity contribution in [1.29, 1.82) is 0 Å². The second-order valence-electron chi connectivity index (χ2n) is 7.04. The molecule has 6 nitrogen and oxygen atoms in total. The average molecular weight is 366 g/mol. The first-order valence-electron chi connectivity index (χ1n) is 9.39. The Labute approximate surface area is 159 Å². The second kappa shape index (κ2) is 9.28. The van der Waals surface area contributed by atoms with E-state index in [1.165, 1.54) is 6.20 Å². The number of rotatable bonds is 6. The van der Waals surface area contributed by atoms with Gasteiger partial charge >= 0.3 is 0 Å². The van der Waals surface area contributed by atoms with Crippen LogP contribution in [0.5, 0.6) is 0 Å². The van der Waals surface area contributed by atoms with Gasteiger partial charge in [-0.2, -0.15) is 0 Å². The molecule has 3 atom stereocenters. The number of aromatic nitrogens is 1. The van der Waals surface area contributed by atoms with Crippen LogP contribution in [0.15, 0.2) is 54.9 Å². The Hall–Kier alpha value is -2.73. The van der Waals surface area contributed by atoms with Crippen molar-refractivity contribution < 1.29 is 9.59 Å². The van der Waals surface area contributed by atoms with Crippen LogP contribution in [-0.4, -0.2) is 42.0 Å². The summed E-state index contributed by atoms with van der Waals surface area (Å²) in [6.45, 7) is 3.87. The molecule has 1 fully saturated rings. The summed E-state index contributed by atoms with van der Waals surface area (Å²) in [5.41, 5.74) is 1.44. The van der Waals surface area contributed by atoms with Crippen LogP contribution in [0, 0.1) is 5.92 Å². The third-order valence-corrected chi connectivity index (χ3v) is 4.98. The van der Waals surface area contributed by atoms with Crippen LogP contribution in [0.4, 0.5) is 0 Å². The minimum Gasteiger partial charge on any atom is -0.350 e. The first kappa shape index (κ1) is 19.0. The van der Waals surface area contributed by atoms with Gasteiger partial charge < -0.3 is 16.0 Å². The maximum absolute atomic E-state index is 13.0. The van der Waals surface area contributed by atoms with E-state index in [0.717, 1.165) is 25.1 Å². The number of amides is 2. The summed E-state index contributed by atoms with van der Waals surface area (Å²) in [7, 11) is 0. The third kappa shape index (κ3) is 5.37. The molecule has 2 aromatic rings. The molecule has 1 aliphatic heterocycles. The van der Waals surface area contributed by atoms with Gasteiger partial charge in [-0.3, -0.25) is 14.6 Å². The predicted molar refractivity (Wildman–Crippen MR) is 104 cm³/mol. The second-order valence-corrected chi connectivity index (χ2v) is 7.04. The molecule has 6 heteroatoms. The van der Waals surface area contributed by atoms with Gasteiger partial charge in [-0.25, -0.2) is 0 Å². The minimum absolute atomic E-state index is 0.0693. The van der Waals surface area contributed by atoms with Gasteiger partial charge in [0.05, 0.1) is 5.56 Å². The largest absolute Gasteiger partial charge is 0.350 e. The molecule has 0 saturated carbocycles. The average Bonchev–Trinajstić information content (AvgIpc) is 2.70. The van der Waals surface area contributed by atoms with E-state index in [1.54, 1.807) is 18.3 Å². The molecule has 0 bridgehead atoms. The summed E-state index contributed by atoms with van der Waals surface area (Å²) in [5.74, 6) is -0.0488. The van der Waals surface area contributed by atoms with Crippen LogP contribution in [0.3, 0.4) is 0 Å². The van der Waals surface area contributed by atoms with Gasteiger partial charge in [-0.1, -0.05) is 37.3 Å². The Morgan fingerprint density at radius 1 is 1.22 bits per heavy atom. The van der Waals surface area contributed by atoms with Gasteiger partial charge in [0.25, 0.3) is 5.91 Å². The van der Waals surface area contributed by atoms with Crippen LogP contribution in [0.2, 0.25) is 0 Å². The lowest BCUT2D eigenvalue weighted by Gasteiger charge is -2.31. The number of piperidine rings is 1. The molecule has 0 spiro atoms. The molecule has 1 aromatic carbocycles. The van der Waals surface area contributed by atoms with Crippen LogP contribution < -0.4 is 16.0 Å². The lowest BCUT2D eigenvalue weighted by molar-refractivity contribution is -0.124. The van der Waals surface area contributed by atoms with E-state index < -0.39 is 6.04 Å². The molecule has 27 heavy (non-hydrogen) atoms. The molecular formula is C21H26N4O2. The number of carbonyl (C=O) groups is 2. The van der Waals surface area contributed by atoms with Gasteiger partial charge in [0.15, 0.2) is 0 Å². The van der Waals surface area contributed by atoms with Gasteiger partial charge in [-0.15, -0.1) is 0 Å². The molecule has 1 aromatic heterocycles. The van der Waals surface area contributed by atoms with E-state index >= 15 is 0 Å². The lowest BCUT2D eigenvalue weighted by atomic mass is 9.94. The smallest absolute Gasteiger partial charge is 0.253 e. The lowest BCUT2D eigenvalue weighted by Crippen LogP contribution is -2.56. The highest BCUT2D eigenvalue weighted by atomic mass is 16.2. The molecule has 0 aliphatic carbocycles. The Kier molecular flexibility index (Phi) is 6.54. The van der Waals surface area contributed by atoms with E-state index in [0.29, 0.717) is 17.9 Å². The summed E-state index contributed by atoms with van der Waals surface area (Å²) in [6, 6.07) is 12.5. The maximum Gasteiger partial charge on any atom is 0.253 e. The van der Waals surface area contributed by atoms with Gasteiger partial charge in [0.1, 0.15) is 6.04 Å². The summed E-state index contributed by atoms with van der Waals surface area (Å²) >= 11 is 0. The van der Waals surface area contributed by atoms with Crippen molar-refractivity contribution in [1.82, 2.24) is 20.9 Å². The van der Waals surface area contributed by atoms with Crippen molar-refractivity contribution in [3.63, 3.8) is 0 Å². The SMILES string of the molecule is CC1CCNCC1NC(=O)C(Cc1ccccc1)NC(=O)c1cccnc1. The van der Waals surface area contributed by atoms with Crippen LogP contribution in [0.25, 0.3) is 0 Å². The highest BCUT2D eigenvalue weighted by Crippen LogP contribution is 2.12. The molecule has 3 rings (SSSR count). The van der Waals surface area contributed by atoms with Crippen LogP contribution in [0.1, 0.15) is 29.3 Å². The number of nitrogens with zero attached hydrogens (tertiary/aromatic N) is 1. The zero-order chi connectivity index (χ0) is 19.1. The van der Waals surface area contributed by atoms with E-state index in [-0.39, 0.29) is 17.9 Å². The van der Waals surface area contributed by atoms with Gasteiger partial charge in [0.2, 0.25) is 5.91 Å². The van der Waals surface area contributed by atoms with Crippen molar-refractivity contribution in [2.24, 2.45) is 5.92 Å². The third-order valence-electron chi connectivity index (χ3n) is 4.98. The first-order valence-corrected chi connectivity index (χ1v) is 9.39. The highest BCUT2D eigenvalue weighted by Gasteiger charge is 2.27. The quantitative estimate of drug-likeness (QED) is 0.724. The number of hydrogen-bond donors (Lipinski definition) is 3. The van der Waals surface area contributed by atoms with Crippen molar-refractivity contribution >= 4 is 11.8 Å². The number of carbonyl (C=O) groups excluding carboxylic acids is 2. The van der Waals surface area contributed by atoms with E-state index in [9.17, 15) is 9.59 Å². The molecular weight excluding hydrogens is 340 g/mol. The Balaban J connectivity index is 1.72. The normalized spacial score (nSPS) is 20.5. The van der Waals surface area contributed by atoms with Crippen molar-refractivity contribution in [2.45, 2.75) is 31.8 Å². The Morgan fingerprint density at radius 2 is 2.04 bits per heavy atom. The fraction of sp³-hybridized carbons (Fsp3) is 0.381. The van der Waals surface area contributed by atoms with Crippen molar-refractivity contribution in [2.75, 3.05) is 13.1 Å². The minimum atomic E-state index is -0.644. The fourth-order valence-corrected chi connectivity index (χ4v) is 3.26.